The van der Waals surface area contributed by atoms with E-state index in [1.165, 1.54) is 18.9 Å². The summed E-state index contributed by atoms with van der Waals surface area (Å²) in [6.45, 7) is 0. The van der Waals surface area contributed by atoms with Crippen LogP contribution in [0.15, 0.2) is 40.8 Å². The van der Waals surface area contributed by atoms with Crippen molar-refractivity contribution in [2.45, 2.75) is 50.6 Å². The highest BCUT2D eigenvalue weighted by Gasteiger charge is 2.39. The Morgan fingerprint density at radius 3 is 2.39 bits per heavy atom. The zero-order valence-corrected chi connectivity index (χ0v) is 13.0. The summed E-state index contributed by atoms with van der Waals surface area (Å²) in [6, 6.07) is 10.5. The molecular formula is C19H20FNO2. The molecule has 0 N–H and O–H groups in total. The van der Waals surface area contributed by atoms with Gasteiger partial charge in [-0.3, -0.25) is 4.79 Å². The van der Waals surface area contributed by atoms with Gasteiger partial charge in [-0.15, -0.1) is 0 Å². The summed E-state index contributed by atoms with van der Waals surface area (Å²) in [5.41, 5.74) is 0.394. The molecule has 4 heteroatoms. The molecule has 0 aliphatic heterocycles. The Morgan fingerprint density at radius 2 is 1.70 bits per heavy atom. The monoisotopic (exact) mass is 313 g/mol. The van der Waals surface area contributed by atoms with Crippen LogP contribution in [0, 0.1) is 5.82 Å². The number of rotatable bonds is 4. The van der Waals surface area contributed by atoms with Gasteiger partial charge >= 0.3 is 0 Å². The second-order valence-electron chi connectivity index (χ2n) is 6.53. The Bertz CT molecular complexity index is 714. The predicted octanol–water partition coefficient (Wildman–Crippen LogP) is 4.63. The van der Waals surface area contributed by atoms with Crippen LogP contribution in [0.5, 0.6) is 0 Å². The fourth-order valence-corrected chi connectivity index (χ4v) is 3.55. The first-order valence-electron chi connectivity index (χ1n) is 8.41. The average molecular weight is 313 g/mol. The van der Waals surface area contributed by atoms with E-state index < -0.39 is 0 Å². The minimum Gasteiger partial charge on any atom is -0.451 e. The van der Waals surface area contributed by atoms with E-state index in [0.717, 1.165) is 25.7 Å². The second-order valence-corrected chi connectivity index (χ2v) is 6.53. The van der Waals surface area contributed by atoms with Gasteiger partial charge in [-0.25, -0.2) is 4.39 Å². The van der Waals surface area contributed by atoms with Crippen LogP contribution < -0.4 is 0 Å². The van der Waals surface area contributed by atoms with Gasteiger partial charge in [0, 0.05) is 12.1 Å². The van der Waals surface area contributed by atoms with Crippen LogP contribution in [0.3, 0.4) is 0 Å². The molecule has 2 saturated carbocycles. The van der Waals surface area contributed by atoms with Crippen molar-refractivity contribution in [1.29, 1.82) is 0 Å². The summed E-state index contributed by atoms with van der Waals surface area (Å²) < 4.78 is 19.6. The number of amides is 1. The number of nitrogens with zero attached hydrogens (tertiary/aromatic N) is 1. The lowest BCUT2D eigenvalue weighted by Gasteiger charge is -2.28. The van der Waals surface area contributed by atoms with Crippen LogP contribution in [-0.4, -0.2) is 22.9 Å². The number of hydrogen-bond donors (Lipinski definition) is 0. The number of hydrogen-bond acceptors (Lipinski definition) is 2. The van der Waals surface area contributed by atoms with Crippen molar-refractivity contribution in [2.24, 2.45) is 0 Å². The van der Waals surface area contributed by atoms with Crippen molar-refractivity contribution in [1.82, 2.24) is 4.90 Å². The largest absolute Gasteiger partial charge is 0.451 e. The predicted molar refractivity (Wildman–Crippen MR) is 85.5 cm³/mol. The van der Waals surface area contributed by atoms with Crippen LogP contribution in [-0.2, 0) is 0 Å². The highest BCUT2D eigenvalue weighted by atomic mass is 19.1. The Kier molecular flexibility index (Phi) is 3.68. The zero-order valence-electron chi connectivity index (χ0n) is 13.0. The number of benzene rings is 1. The number of carbonyl (C=O) groups excluding carboxylic acids is 1. The van der Waals surface area contributed by atoms with E-state index in [9.17, 15) is 9.18 Å². The van der Waals surface area contributed by atoms with Crippen LogP contribution in [0.4, 0.5) is 4.39 Å². The van der Waals surface area contributed by atoms with Crippen LogP contribution in [0.1, 0.15) is 49.1 Å². The summed E-state index contributed by atoms with van der Waals surface area (Å²) in [6.07, 6.45) is 6.73. The third-order valence-electron chi connectivity index (χ3n) is 4.85. The maximum absolute atomic E-state index is 13.9. The minimum atomic E-state index is -0.337. The lowest BCUT2D eigenvalue weighted by Crippen LogP contribution is -2.40. The summed E-state index contributed by atoms with van der Waals surface area (Å²) in [5, 5.41) is 0. The molecule has 0 spiro atoms. The van der Waals surface area contributed by atoms with Crippen molar-refractivity contribution in [3.63, 3.8) is 0 Å². The molecule has 0 atom stereocenters. The molecule has 3 nitrogen and oxygen atoms in total. The van der Waals surface area contributed by atoms with Crippen molar-refractivity contribution >= 4 is 5.91 Å². The van der Waals surface area contributed by atoms with E-state index in [-0.39, 0.29) is 11.7 Å². The molecule has 4 rings (SSSR count). The van der Waals surface area contributed by atoms with E-state index in [1.54, 1.807) is 30.3 Å². The van der Waals surface area contributed by atoms with Crippen molar-refractivity contribution in [2.75, 3.05) is 0 Å². The van der Waals surface area contributed by atoms with E-state index in [4.69, 9.17) is 4.42 Å². The number of furan rings is 1. The SMILES string of the molecule is O=C(c1ccc(-c2ccccc2F)o1)N(C1CCCC1)C1CC1. The molecular weight excluding hydrogens is 293 g/mol. The van der Waals surface area contributed by atoms with Gasteiger partial charge in [-0.1, -0.05) is 25.0 Å². The molecule has 1 aromatic carbocycles. The molecule has 0 radical (unpaired) electrons. The number of carbonyl (C=O) groups is 1. The standard InChI is InChI=1S/C19H20FNO2/c20-16-8-4-3-7-15(16)17-11-12-18(23-17)19(22)21(14-9-10-14)13-5-1-2-6-13/h3-4,7-8,11-14H,1-2,5-6,9-10H2. The maximum Gasteiger partial charge on any atom is 0.290 e. The van der Waals surface area contributed by atoms with Crippen molar-refractivity contribution < 1.29 is 13.6 Å². The molecule has 1 aromatic heterocycles. The first-order chi connectivity index (χ1) is 11.2. The Labute approximate surface area is 135 Å². The van der Waals surface area contributed by atoms with Crippen molar-refractivity contribution in [3.8, 4) is 11.3 Å². The third-order valence-corrected chi connectivity index (χ3v) is 4.85. The van der Waals surface area contributed by atoms with Gasteiger partial charge in [-0.2, -0.15) is 0 Å². The molecule has 1 heterocycles. The van der Waals surface area contributed by atoms with Gasteiger partial charge in [0.1, 0.15) is 11.6 Å². The number of halogens is 1. The molecule has 2 aliphatic carbocycles. The van der Waals surface area contributed by atoms with Crippen LogP contribution in [0.25, 0.3) is 11.3 Å². The van der Waals surface area contributed by atoms with Crippen LogP contribution in [0.2, 0.25) is 0 Å². The summed E-state index contributed by atoms with van der Waals surface area (Å²) >= 11 is 0. The zero-order chi connectivity index (χ0) is 15.8. The fraction of sp³-hybridized carbons (Fsp3) is 0.421. The van der Waals surface area contributed by atoms with E-state index in [0.29, 0.717) is 29.2 Å². The Balaban J connectivity index is 1.60. The highest BCUT2D eigenvalue weighted by molar-refractivity contribution is 5.92. The van der Waals surface area contributed by atoms with Crippen LogP contribution >= 0.6 is 0 Å². The summed E-state index contributed by atoms with van der Waals surface area (Å²) in [4.78, 5) is 14.9. The van der Waals surface area contributed by atoms with E-state index in [2.05, 4.69) is 0 Å². The first kappa shape index (κ1) is 14.5. The molecule has 0 unspecified atom stereocenters. The van der Waals surface area contributed by atoms with Gasteiger partial charge in [0.2, 0.25) is 0 Å². The normalized spacial score (nSPS) is 18.3. The fourth-order valence-electron chi connectivity index (χ4n) is 3.55. The average Bonchev–Trinajstić information content (AvgIpc) is 3.03. The molecule has 2 fully saturated rings. The lowest BCUT2D eigenvalue weighted by atomic mass is 10.1. The van der Waals surface area contributed by atoms with Crippen molar-refractivity contribution in [3.05, 3.63) is 48.0 Å². The van der Waals surface area contributed by atoms with E-state index in [1.807, 2.05) is 4.90 Å². The summed E-state index contributed by atoms with van der Waals surface area (Å²) in [7, 11) is 0. The molecule has 0 bridgehead atoms. The molecule has 23 heavy (non-hydrogen) atoms. The minimum absolute atomic E-state index is 0.0398. The van der Waals surface area contributed by atoms with E-state index >= 15 is 0 Å². The van der Waals surface area contributed by atoms with Gasteiger partial charge in [0.25, 0.3) is 5.91 Å². The van der Waals surface area contributed by atoms with Gasteiger partial charge < -0.3 is 9.32 Å². The Hall–Kier alpha value is -2.10. The third kappa shape index (κ3) is 2.78. The molecule has 0 saturated heterocycles. The first-order valence-corrected chi connectivity index (χ1v) is 8.41. The van der Waals surface area contributed by atoms with Gasteiger partial charge in [0.15, 0.2) is 5.76 Å². The maximum atomic E-state index is 13.9. The van der Waals surface area contributed by atoms with Gasteiger partial charge in [0.05, 0.1) is 5.56 Å². The Morgan fingerprint density at radius 1 is 1.00 bits per heavy atom. The van der Waals surface area contributed by atoms with Gasteiger partial charge in [-0.05, 0) is 49.9 Å². The second kappa shape index (κ2) is 5.84. The topological polar surface area (TPSA) is 33.5 Å². The molecule has 2 aromatic rings. The lowest BCUT2D eigenvalue weighted by molar-refractivity contribution is 0.0632. The highest BCUT2D eigenvalue weighted by Crippen LogP contribution is 2.36. The molecule has 2 aliphatic rings. The molecule has 120 valence electrons. The quantitative estimate of drug-likeness (QED) is 0.824. The summed E-state index contributed by atoms with van der Waals surface area (Å²) in [5.74, 6) is 0.355. The smallest absolute Gasteiger partial charge is 0.290 e. The molecule has 1 amide bonds.